The summed E-state index contributed by atoms with van der Waals surface area (Å²) in [5, 5.41) is 13.9. The van der Waals surface area contributed by atoms with E-state index in [0.29, 0.717) is 34.9 Å². The smallest absolute Gasteiger partial charge is 0.164 e. The summed E-state index contributed by atoms with van der Waals surface area (Å²) in [6, 6.07) is 162. The molecule has 8 aromatic heterocycles. The zero-order valence-corrected chi connectivity index (χ0v) is 71.1. The molecule has 0 fully saturated rings. The molecule has 0 aliphatic carbocycles. The molecule has 27 aromatic rings. The Kier molecular flexibility index (Phi) is 16.8. The van der Waals surface area contributed by atoms with Crippen molar-refractivity contribution >= 4 is 131 Å². The zero-order chi connectivity index (χ0) is 86.6. The Labute approximate surface area is 756 Å². The van der Waals surface area contributed by atoms with Crippen LogP contribution in [0.2, 0.25) is 0 Å². The summed E-state index contributed by atoms with van der Waals surface area (Å²) >= 11 is 0. The van der Waals surface area contributed by atoms with Gasteiger partial charge in [-0.25, -0.2) is 29.9 Å². The summed E-state index contributed by atoms with van der Waals surface area (Å²) in [7, 11) is 0. The maximum absolute atomic E-state index is 5.66. The molecule has 0 saturated carbocycles. The zero-order valence-electron chi connectivity index (χ0n) is 71.1. The second-order valence-electron chi connectivity index (χ2n) is 34.0. The van der Waals surface area contributed by atoms with Crippen LogP contribution in [0.25, 0.3) is 256 Å². The number of rotatable bonds is 14. The molecule has 132 heavy (non-hydrogen) atoms. The molecule has 0 bridgehead atoms. The molecule has 8 heterocycles. The summed E-state index contributed by atoms with van der Waals surface area (Å²) in [6.45, 7) is 0. The van der Waals surface area contributed by atoms with Crippen LogP contribution < -0.4 is 0 Å². The molecule has 0 saturated heterocycles. The van der Waals surface area contributed by atoms with Crippen molar-refractivity contribution in [2.45, 2.75) is 0 Å². The molecule has 27 rings (SSSR count). The number of para-hydroxylation sites is 8. The van der Waals surface area contributed by atoms with E-state index < -0.39 is 0 Å². The Hall–Kier alpha value is -18.0. The lowest BCUT2D eigenvalue weighted by molar-refractivity contribution is 1.07. The van der Waals surface area contributed by atoms with E-state index in [2.05, 4.69) is 404 Å². The average molecular weight is 1680 g/mol. The third-order valence-corrected chi connectivity index (χ3v) is 26.7. The van der Waals surface area contributed by atoms with Gasteiger partial charge >= 0.3 is 0 Å². The maximum Gasteiger partial charge on any atom is 0.164 e. The van der Waals surface area contributed by atoms with Gasteiger partial charge in [-0.2, -0.15) is 0 Å². The molecule has 0 radical (unpaired) electrons. The fourth-order valence-corrected chi connectivity index (χ4v) is 21.0. The van der Waals surface area contributed by atoms with Crippen LogP contribution in [0.5, 0.6) is 0 Å². The molecule has 12 heteroatoms. The number of benzene rings is 19. The lowest BCUT2D eigenvalue weighted by Crippen LogP contribution is -2.05. The van der Waals surface area contributed by atoms with Crippen LogP contribution >= 0.6 is 0 Å². The van der Waals surface area contributed by atoms with E-state index in [9.17, 15) is 0 Å². The molecular formula is C120H74N12. The van der Waals surface area contributed by atoms with Gasteiger partial charge in [-0.15, -0.1) is 0 Å². The normalized spacial score (nSPS) is 11.9. The monoisotopic (exact) mass is 1680 g/mol. The highest BCUT2D eigenvalue weighted by molar-refractivity contribution is 6.18. The Morgan fingerprint density at radius 2 is 0.326 bits per heavy atom. The minimum absolute atomic E-state index is 0.506. The molecule has 614 valence electrons. The van der Waals surface area contributed by atoms with Crippen LogP contribution in [-0.2, 0) is 0 Å². The fourth-order valence-electron chi connectivity index (χ4n) is 21.0. The van der Waals surface area contributed by atoms with Gasteiger partial charge in [0.05, 0.1) is 77.6 Å². The molecule has 19 aromatic carbocycles. The first kappa shape index (κ1) is 74.3. The Morgan fingerprint density at radius 3 is 0.568 bits per heavy atom. The SMILES string of the molecule is c1ccc(-c2nc(-c3ccccc3)nc(-c3cccc(-n4c5ccc(-n6c7ccccc7c7ccccc76)cc5c5cc(-n6c7ccccc7c7ccccc76)ccc54)c3-c3cccc(-c4c(-c5nc(-c6ccccc6)nc(-c6ccccc6)n5)cccc4-n4c5ccc(-n6c7ccccc7c7ccccc76)cc5c5cc(-n6c7ccccc7c7ccccc76)ccc54)c3)n2)cc1. The van der Waals surface area contributed by atoms with E-state index in [-0.39, 0.29) is 0 Å². The van der Waals surface area contributed by atoms with Gasteiger partial charge in [-0.3, -0.25) is 0 Å². The van der Waals surface area contributed by atoms with Crippen molar-refractivity contribution in [1.82, 2.24) is 57.3 Å². The van der Waals surface area contributed by atoms with Crippen molar-refractivity contribution in [2.24, 2.45) is 0 Å². The van der Waals surface area contributed by atoms with Crippen LogP contribution in [0.4, 0.5) is 0 Å². The van der Waals surface area contributed by atoms with Gasteiger partial charge in [0, 0.05) is 132 Å². The third-order valence-electron chi connectivity index (χ3n) is 26.7. The molecule has 12 nitrogen and oxygen atoms in total. The van der Waals surface area contributed by atoms with E-state index in [1.807, 2.05) is 72.8 Å². The Morgan fingerprint density at radius 1 is 0.129 bits per heavy atom. The van der Waals surface area contributed by atoms with Crippen molar-refractivity contribution in [1.29, 1.82) is 0 Å². The number of fused-ring (bicyclic) bond motifs is 18. The number of hydrogen-bond acceptors (Lipinski definition) is 6. The Balaban J connectivity index is 0.754. The summed E-state index contributed by atoms with van der Waals surface area (Å²) in [6.07, 6.45) is 0. The van der Waals surface area contributed by atoms with Gasteiger partial charge in [0.25, 0.3) is 0 Å². The predicted molar refractivity (Wildman–Crippen MR) is 543 cm³/mol. The third kappa shape index (κ3) is 11.7. The number of nitrogens with zero attached hydrogens (tertiary/aromatic N) is 12. The molecule has 0 amide bonds. The van der Waals surface area contributed by atoms with Crippen LogP contribution in [0.3, 0.4) is 0 Å². The minimum Gasteiger partial charge on any atom is -0.309 e. The standard InChI is InChI=1S/C120H74N12/c1-5-32-75(33-6-1)115-121-116(76-34-7-2-8-35-76)124-119(123-115)93-50-30-60-111(131-107-66-62-81(127-99-52-21-13-42-85(99)86-43-14-22-53-100(86)127)71-95(107)96-72-82(63-67-108(96)131)128-101-54-23-15-44-87(101)88-45-16-24-55-102(88)128)113(93)79-40-29-41-80(70-79)114-94(120-125-117(77-36-9-3-10-37-77)122-118(126-120)78-38-11-4-12-39-78)51-31-61-112(114)132-109-68-64-83(129-103-56-25-17-46-89(103)90-47-18-26-57-104(90)129)73-97(109)98-74-84(65-69-110(98)132)130-105-58-27-19-48-91(105)92-49-20-28-59-106(92)130/h1-74H. The molecular weight excluding hydrogens is 1610 g/mol. The summed E-state index contributed by atoms with van der Waals surface area (Å²) in [5.41, 5.74) is 27.7. The summed E-state index contributed by atoms with van der Waals surface area (Å²) in [5.74, 6) is 3.21. The van der Waals surface area contributed by atoms with Gasteiger partial charge in [-0.05, 0) is 151 Å². The molecule has 0 aliphatic rings. The first-order valence-corrected chi connectivity index (χ1v) is 44.7. The van der Waals surface area contributed by atoms with E-state index in [1.165, 1.54) is 43.1 Å². The average Bonchev–Trinajstić information content (AvgIpc) is 1.56. The van der Waals surface area contributed by atoms with Crippen molar-refractivity contribution in [3.63, 3.8) is 0 Å². The lowest BCUT2D eigenvalue weighted by Gasteiger charge is -2.21. The van der Waals surface area contributed by atoms with Crippen molar-refractivity contribution < 1.29 is 0 Å². The minimum atomic E-state index is 0.506. The summed E-state index contributed by atoms with van der Waals surface area (Å²) in [4.78, 5) is 33.3. The highest BCUT2D eigenvalue weighted by atomic mass is 15.1. The first-order chi connectivity index (χ1) is 65.5. The number of aromatic nitrogens is 12. The van der Waals surface area contributed by atoms with Gasteiger partial charge in [0.1, 0.15) is 0 Å². The van der Waals surface area contributed by atoms with Crippen LogP contribution in [0, 0.1) is 0 Å². The molecule has 0 N–H and O–H groups in total. The van der Waals surface area contributed by atoms with E-state index in [0.717, 1.165) is 178 Å². The fraction of sp³-hybridized carbons (Fsp3) is 0. The molecule has 0 atom stereocenters. The second kappa shape index (κ2) is 29.8. The molecule has 0 unspecified atom stereocenters. The van der Waals surface area contributed by atoms with Gasteiger partial charge in [-0.1, -0.05) is 309 Å². The lowest BCUT2D eigenvalue weighted by atomic mass is 9.91. The Bertz CT molecular complexity index is 8210. The van der Waals surface area contributed by atoms with Crippen molar-refractivity contribution in [2.75, 3.05) is 0 Å². The predicted octanol–water partition coefficient (Wildman–Crippen LogP) is 30.0. The van der Waals surface area contributed by atoms with Crippen molar-refractivity contribution in [3.8, 4) is 125 Å². The molecule has 0 spiro atoms. The largest absolute Gasteiger partial charge is 0.309 e. The van der Waals surface area contributed by atoms with E-state index in [1.54, 1.807) is 0 Å². The number of hydrogen-bond donors (Lipinski definition) is 0. The summed E-state index contributed by atoms with van der Waals surface area (Å²) < 4.78 is 14.7. The second-order valence-corrected chi connectivity index (χ2v) is 34.0. The van der Waals surface area contributed by atoms with E-state index >= 15 is 0 Å². The van der Waals surface area contributed by atoms with Crippen LogP contribution in [0.15, 0.2) is 449 Å². The van der Waals surface area contributed by atoms with Crippen LogP contribution in [0.1, 0.15) is 0 Å². The van der Waals surface area contributed by atoms with Crippen molar-refractivity contribution in [3.05, 3.63) is 449 Å². The first-order valence-electron chi connectivity index (χ1n) is 44.7. The van der Waals surface area contributed by atoms with Gasteiger partial charge < -0.3 is 27.4 Å². The maximum atomic E-state index is 5.66. The highest BCUT2D eigenvalue weighted by Gasteiger charge is 2.29. The van der Waals surface area contributed by atoms with Gasteiger partial charge in [0.15, 0.2) is 34.9 Å². The van der Waals surface area contributed by atoms with Crippen LogP contribution in [-0.4, -0.2) is 57.3 Å². The highest BCUT2D eigenvalue weighted by Crippen LogP contribution is 2.49. The molecule has 0 aliphatic heterocycles. The van der Waals surface area contributed by atoms with Gasteiger partial charge in [0.2, 0.25) is 0 Å². The van der Waals surface area contributed by atoms with E-state index in [4.69, 9.17) is 29.9 Å². The quantitative estimate of drug-likeness (QED) is 0.107. The topological polar surface area (TPSA) is 107 Å².